The van der Waals surface area contributed by atoms with Crippen LogP contribution in [-0.2, 0) is 6.54 Å². The normalized spacial score (nSPS) is 23.7. The quantitative estimate of drug-likeness (QED) is 0.889. The fourth-order valence-electron chi connectivity index (χ4n) is 3.00. The maximum Gasteiger partial charge on any atom is 0.208 e. The van der Waals surface area contributed by atoms with Gasteiger partial charge in [0.2, 0.25) is 5.89 Å². The largest absolute Gasteiger partial charge is 0.445 e. The second kappa shape index (κ2) is 6.06. The molecule has 0 bridgehead atoms. The first-order valence-corrected chi connectivity index (χ1v) is 7.52. The van der Waals surface area contributed by atoms with Crippen molar-refractivity contribution >= 4 is 0 Å². The topological polar surface area (TPSA) is 41.3 Å². The van der Waals surface area contributed by atoms with Crippen LogP contribution in [-0.4, -0.2) is 34.6 Å². The highest BCUT2D eigenvalue weighted by Crippen LogP contribution is 2.25. The van der Waals surface area contributed by atoms with E-state index in [0.717, 1.165) is 37.7 Å². The second-order valence-corrected chi connectivity index (χ2v) is 5.70. The lowest BCUT2D eigenvalue weighted by Gasteiger charge is -2.47. The van der Waals surface area contributed by atoms with Gasteiger partial charge in [0.05, 0.1) is 12.7 Å². The number of hydrogen-bond acceptors (Lipinski definition) is 4. The number of piperazine rings is 1. The van der Waals surface area contributed by atoms with Crippen LogP contribution in [0.3, 0.4) is 0 Å². The molecule has 0 spiro atoms. The monoisotopic (exact) mass is 265 g/mol. The van der Waals surface area contributed by atoms with Gasteiger partial charge in [0.15, 0.2) is 0 Å². The Morgan fingerprint density at radius 2 is 2.16 bits per heavy atom. The minimum Gasteiger partial charge on any atom is -0.445 e. The third kappa shape index (κ3) is 3.18. The van der Waals surface area contributed by atoms with Crippen LogP contribution in [0.2, 0.25) is 0 Å². The van der Waals surface area contributed by atoms with Crippen molar-refractivity contribution in [1.29, 1.82) is 0 Å². The molecule has 108 valence electrons. The molecule has 1 saturated heterocycles. The van der Waals surface area contributed by atoms with E-state index in [1.54, 1.807) is 0 Å². The number of aromatic nitrogens is 1. The van der Waals surface area contributed by atoms with Crippen molar-refractivity contribution in [2.45, 2.75) is 65.1 Å². The average molecular weight is 265 g/mol. The lowest BCUT2D eigenvalue weighted by Crippen LogP contribution is -2.63. The van der Waals surface area contributed by atoms with Crippen molar-refractivity contribution in [1.82, 2.24) is 15.2 Å². The van der Waals surface area contributed by atoms with E-state index < -0.39 is 0 Å². The van der Waals surface area contributed by atoms with Gasteiger partial charge in [-0.3, -0.25) is 4.90 Å². The second-order valence-electron chi connectivity index (χ2n) is 5.70. The molecule has 2 rings (SSSR count). The first kappa shape index (κ1) is 14.5. The van der Waals surface area contributed by atoms with E-state index in [4.69, 9.17) is 4.42 Å². The first-order valence-electron chi connectivity index (χ1n) is 7.52. The van der Waals surface area contributed by atoms with Gasteiger partial charge in [-0.25, -0.2) is 4.98 Å². The summed E-state index contributed by atoms with van der Waals surface area (Å²) in [7, 11) is 0. The summed E-state index contributed by atoms with van der Waals surface area (Å²) in [5, 5.41) is 3.76. The molecular weight excluding hydrogens is 238 g/mol. The van der Waals surface area contributed by atoms with Gasteiger partial charge in [-0.05, 0) is 26.2 Å². The van der Waals surface area contributed by atoms with Gasteiger partial charge >= 0.3 is 0 Å². The molecule has 19 heavy (non-hydrogen) atoms. The molecule has 1 atom stereocenters. The molecule has 4 heteroatoms. The van der Waals surface area contributed by atoms with E-state index >= 15 is 0 Å². The number of rotatable bonds is 5. The summed E-state index contributed by atoms with van der Waals surface area (Å²) in [6.07, 6.45) is 5.31. The number of aryl methyl sites for hydroxylation is 1. The Kier molecular flexibility index (Phi) is 4.63. The third-order valence-corrected chi connectivity index (χ3v) is 4.57. The third-order valence-electron chi connectivity index (χ3n) is 4.57. The zero-order valence-corrected chi connectivity index (χ0v) is 12.7. The summed E-state index contributed by atoms with van der Waals surface area (Å²) in [5.41, 5.74) is 0.257. The first-order chi connectivity index (χ1) is 9.12. The van der Waals surface area contributed by atoms with Crippen LogP contribution in [0.5, 0.6) is 0 Å². The van der Waals surface area contributed by atoms with Crippen molar-refractivity contribution in [3.05, 3.63) is 17.8 Å². The highest BCUT2D eigenvalue weighted by atomic mass is 16.4. The number of oxazole rings is 1. The predicted octanol–water partition coefficient (Wildman–Crippen LogP) is 2.73. The molecule has 0 radical (unpaired) electrons. The molecule has 1 aromatic rings. The summed E-state index contributed by atoms with van der Waals surface area (Å²) in [6, 6.07) is 0.582. The van der Waals surface area contributed by atoms with Crippen LogP contribution in [0.15, 0.2) is 10.6 Å². The highest BCUT2D eigenvalue weighted by molar-refractivity contribution is 4.98. The molecule has 0 aliphatic carbocycles. The van der Waals surface area contributed by atoms with Gasteiger partial charge in [-0.15, -0.1) is 0 Å². The number of hydrogen-bond donors (Lipinski definition) is 1. The number of nitrogens with zero attached hydrogens (tertiary/aromatic N) is 2. The average Bonchev–Trinajstić information content (AvgIpc) is 2.84. The molecule has 1 aliphatic heterocycles. The maximum absolute atomic E-state index is 5.64. The molecule has 1 N–H and O–H groups in total. The SMILES string of the molecule is CCC1CNC(CC)(CC)CN1Cc1ncc(C)o1. The Morgan fingerprint density at radius 3 is 2.68 bits per heavy atom. The van der Waals surface area contributed by atoms with E-state index in [9.17, 15) is 0 Å². The van der Waals surface area contributed by atoms with Crippen molar-refractivity contribution in [3.63, 3.8) is 0 Å². The standard InChI is InChI=1S/C15H27N3O/c1-5-13-9-17-15(6-2,7-3)11-18(13)10-14-16-8-12(4)19-14/h8,13,17H,5-7,9-11H2,1-4H3. The van der Waals surface area contributed by atoms with Crippen molar-refractivity contribution < 1.29 is 4.42 Å². The smallest absolute Gasteiger partial charge is 0.208 e. The molecule has 0 saturated carbocycles. The fourth-order valence-corrected chi connectivity index (χ4v) is 3.00. The van der Waals surface area contributed by atoms with E-state index in [-0.39, 0.29) is 5.54 Å². The Labute approximate surface area is 116 Å². The van der Waals surface area contributed by atoms with Crippen LogP contribution in [0, 0.1) is 6.92 Å². The summed E-state index contributed by atoms with van der Waals surface area (Å²) in [5.74, 6) is 1.74. The van der Waals surface area contributed by atoms with E-state index in [1.807, 2.05) is 13.1 Å². The molecule has 0 amide bonds. The van der Waals surface area contributed by atoms with Crippen LogP contribution < -0.4 is 5.32 Å². The molecule has 0 aromatic carbocycles. The van der Waals surface area contributed by atoms with Gasteiger partial charge in [0.1, 0.15) is 5.76 Å². The molecule has 4 nitrogen and oxygen atoms in total. The van der Waals surface area contributed by atoms with E-state index in [0.29, 0.717) is 6.04 Å². The maximum atomic E-state index is 5.64. The zero-order valence-electron chi connectivity index (χ0n) is 12.7. The Hall–Kier alpha value is -0.870. The minimum absolute atomic E-state index is 0.257. The fraction of sp³-hybridized carbons (Fsp3) is 0.800. The molecule has 1 aliphatic rings. The van der Waals surface area contributed by atoms with Crippen LogP contribution in [0.25, 0.3) is 0 Å². The summed E-state index contributed by atoms with van der Waals surface area (Å²) in [4.78, 5) is 6.89. The molecule has 2 heterocycles. The van der Waals surface area contributed by atoms with E-state index in [2.05, 4.69) is 36.0 Å². The lowest BCUT2D eigenvalue weighted by molar-refractivity contribution is 0.0573. The highest BCUT2D eigenvalue weighted by Gasteiger charge is 2.36. The van der Waals surface area contributed by atoms with Crippen LogP contribution >= 0.6 is 0 Å². The van der Waals surface area contributed by atoms with Crippen LogP contribution in [0.1, 0.15) is 51.7 Å². The molecule has 1 fully saturated rings. The van der Waals surface area contributed by atoms with Gasteiger partial charge < -0.3 is 9.73 Å². The Balaban J connectivity index is 2.09. The summed E-state index contributed by atoms with van der Waals surface area (Å²) < 4.78 is 5.64. The molecular formula is C15H27N3O. The van der Waals surface area contributed by atoms with Crippen molar-refractivity contribution in [2.75, 3.05) is 13.1 Å². The zero-order chi connectivity index (χ0) is 13.9. The molecule has 1 aromatic heterocycles. The van der Waals surface area contributed by atoms with Crippen LogP contribution in [0.4, 0.5) is 0 Å². The van der Waals surface area contributed by atoms with Gasteiger partial charge in [-0.1, -0.05) is 20.8 Å². The van der Waals surface area contributed by atoms with Crippen molar-refractivity contribution in [2.24, 2.45) is 0 Å². The Bertz CT molecular complexity index is 398. The van der Waals surface area contributed by atoms with Gasteiger partial charge in [0, 0.05) is 24.7 Å². The summed E-state index contributed by atoms with van der Waals surface area (Å²) >= 11 is 0. The number of nitrogens with one attached hydrogen (secondary N) is 1. The van der Waals surface area contributed by atoms with Gasteiger partial charge in [-0.2, -0.15) is 0 Å². The Morgan fingerprint density at radius 1 is 1.42 bits per heavy atom. The van der Waals surface area contributed by atoms with E-state index in [1.165, 1.54) is 12.8 Å². The summed E-state index contributed by atoms with van der Waals surface area (Å²) in [6.45, 7) is 11.7. The van der Waals surface area contributed by atoms with Crippen molar-refractivity contribution in [3.8, 4) is 0 Å². The predicted molar refractivity (Wildman–Crippen MR) is 77.0 cm³/mol. The van der Waals surface area contributed by atoms with Gasteiger partial charge in [0.25, 0.3) is 0 Å². The minimum atomic E-state index is 0.257. The lowest BCUT2D eigenvalue weighted by atomic mass is 9.88. The molecule has 1 unspecified atom stereocenters.